The third-order valence-corrected chi connectivity index (χ3v) is 4.12. The maximum Gasteiger partial charge on any atom is 0.256 e. The van der Waals surface area contributed by atoms with Crippen molar-refractivity contribution >= 4 is 34.5 Å². The van der Waals surface area contributed by atoms with Gasteiger partial charge in [-0.3, -0.25) is 4.79 Å². The summed E-state index contributed by atoms with van der Waals surface area (Å²) in [5, 5.41) is 4.93. The number of benzene rings is 1. The molecule has 0 radical (unpaired) electrons. The number of carbonyl (C=O) groups is 1. The van der Waals surface area contributed by atoms with Gasteiger partial charge in [0.15, 0.2) is 5.58 Å². The summed E-state index contributed by atoms with van der Waals surface area (Å²) in [6.07, 6.45) is 4.42. The van der Waals surface area contributed by atoms with Crippen LogP contribution in [0.15, 0.2) is 32.9 Å². The van der Waals surface area contributed by atoms with Gasteiger partial charge in [-0.25, -0.2) is 10.4 Å². The number of oxazole rings is 1. The first-order chi connectivity index (χ1) is 10.2. The van der Waals surface area contributed by atoms with E-state index in [0.717, 1.165) is 35.2 Å². The summed E-state index contributed by atoms with van der Waals surface area (Å²) in [5.74, 6) is 0.164. The highest BCUT2D eigenvalue weighted by molar-refractivity contribution is 7.98. The number of amides is 1. The first-order valence-electron chi connectivity index (χ1n) is 7.02. The Morgan fingerprint density at radius 2 is 2.33 bits per heavy atom. The number of nitrogens with zero attached hydrogens (tertiary/aromatic N) is 2. The van der Waals surface area contributed by atoms with Crippen molar-refractivity contribution in [1.29, 1.82) is 0 Å². The summed E-state index contributed by atoms with van der Waals surface area (Å²) in [7, 11) is 0. The van der Waals surface area contributed by atoms with Gasteiger partial charge in [0, 0.05) is 17.9 Å². The molecule has 0 bridgehead atoms. The van der Waals surface area contributed by atoms with E-state index in [2.05, 4.69) is 22.4 Å². The number of fused-ring (bicyclic) bond motifs is 1. The lowest BCUT2D eigenvalue weighted by atomic mass is 9.88. The van der Waals surface area contributed by atoms with Crippen molar-refractivity contribution in [2.45, 2.75) is 31.4 Å². The molecule has 1 aliphatic rings. The molecule has 110 valence electrons. The number of carbonyl (C=O) groups excluding carboxylic acids is 1. The van der Waals surface area contributed by atoms with E-state index >= 15 is 0 Å². The maximum absolute atomic E-state index is 11.5. The lowest BCUT2D eigenvalue weighted by molar-refractivity contribution is -0.122. The zero-order chi connectivity index (χ0) is 14.8. The van der Waals surface area contributed by atoms with Crippen molar-refractivity contribution < 1.29 is 9.21 Å². The van der Waals surface area contributed by atoms with Crippen molar-refractivity contribution in [2.75, 3.05) is 6.26 Å². The zero-order valence-corrected chi connectivity index (χ0v) is 12.9. The fraction of sp³-hybridized carbons (Fsp3) is 0.400. The highest BCUT2D eigenvalue weighted by Crippen LogP contribution is 2.26. The smallest absolute Gasteiger partial charge is 0.256 e. The van der Waals surface area contributed by atoms with E-state index in [1.165, 1.54) is 11.8 Å². The second-order valence-electron chi connectivity index (χ2n) is 5.09. The molecule has 21 heavy (non-hydrogen) atoms. The molecule has 5 nitrogen and oxygen atoms in total. The predicted molar refractivity (Wildman–Crippen MR) is 83.5 cm³/mol. The monoisotopic (exact) mass is 303 g/mol. The van der Waals surface area contributed by atoms with Crippen molar-refractivity contribution in [1.82, 2.24) is 10.4 Å². The summed E-state index contributed by atoms with van der Waals surface area (Å²) >= 11 is 1.48. The molecule has 0 saturated carbocycles. The van der Waals surface area contributed by atoms with Crippen LogP contribution in [-0.4, -0.2) is 22.9 Å². The lowest BCUT2D eigenvalue weighted by Crippen LogP contribution is -2.33. The van der Waals surface area contributed by atoms with Gasteiger partial charge in [0.2, 0.25) is 5.91 Å². The third-order valence-electron chi connectivity index (χ3n) is 3.60. The minimum atomic E-state index is -0.00983. The second kappa shape index (κ2) is 5.89. The number of rotatable bonds is 4. The van der Waals surface area contributed by atoms with Gasteiger partial charge in [0.25, 0.3) is 5.22 Å². The molecule has 2 aromatic rings. The summed E-state index contributed by atoms with van der Waals surface area (Å²) in [6, 6.07) is 5.88. The largest absolute Gasteiger partial charge is 0.431 e. The topological polar surface area (TPSA) is 67.5 Å². The molecule has 6 heteroatoms. The normalized spacial score (nSPS) is 18.7. The number of hydrogen-bond donors (Lipinski definition) is 1. The molecule has 1 N–H and O–H groups in total. The molecule has 1 atom stereocenters. The van der Waals surface area contributed by atoms with E-state index in [4.69, 9.17) is 4.42 Å². The van der Waals surface area contributed by atoms with Crippen LogP contribution in [0.4, 0.5) is 0 Å². The van der Waals surface area contributed by atoms with Crippen molar-refractivity contribution in [2.24, 2.45) is 11.0 Å². The van der Waals surface area contributed by atoms with E-state index in [1.54, 1.807) is 0 Å². The van der Waals surface area contributed by atoms with Crippen molar-refractivity contribution in [3.63, 3.8) is 0 Å². The van der Waals surface area contributed by atoms with Crippen LogP contribution in [0.5, 0.6) is 0 Å². The predicted octanol–water partition coefficient (Wildman–Crippen LogP) is 3.19. The van der Waals surface area contributed by atoms with Gasteiger partial charge in [0.1, 0.15) is 5.52 Å². The van der Waals surface area contributed by atoms with E-state index in [1.807, 2.05) is 24.5 Å². The van der Waals surface area contributed by atoms with Crippen LogP contribution in [0, 0.1) is 5.92 Å². The molecule has 0 spiro atoms. The van der Waals surface area contributed by atoms with E-state index < -0.39 is 0 Å². The quantitative estimate of drug-likeness (QED) is 0.881. The first-order valence-corrected chi connectivity index (χ1v) is 8.25. The fourth-order valence-electron chi connectivity index (χ4n) is 2.62. The van der Waals surface area contributed by atoms with Gasteiger partial charge in [-0.2, -0.15) is 5.10 Å². The molecule has 0 fully saturated rings. The average molecular weight is 303 g/mol. The average Bonchev–Trinajstić information content (AvgIpc) is 2.90. The minimum Gasteiger partial charge on any atom is -0.431 e. The molecule has 0 aliphatic carbocycles. The van der Waals surface area contributed by atoms with Crippen LogP contribution in [0.1, 0.15) is 31.7 Å². The first kappa shape index (κ1) is 14.1. The molecule has 1 unspecified atom stereocenters. The van der Waals surface area contributed by atoms with E-state index in [0.29, 0.717) is 11.6 Å². The van der Waals surface area contributed by atoms with Crippen LogP contribution >= 0.6 is 11.8 Å². The number of nitrogens with one attached hydrogen (secondary N) is 1. The molecule has 3 rings (SSSR count). The number of hydrogen-bond acceptors (Lipinski definition) is 5. The Morgan fingerprint density at radius 3 is 3.10 bits per heavy atom. The SMILES string of the molecule is CCCC1CC(=O)NN=C1c1ccc2oc(SC)nc2c1. The molecular weight excluding hydrogens is 286 g/mol. The molecule has 1 aromatic carbocycles. The second-order valence-corrected chi connectivity index (χ2v) is 5.85. The van der Waals surface area contributed by atoms with Gasteiger partial charge < -0.3 is 4.42 Å². The maximum atomic E-state index is 11.5. The Morgan fingerprint density at radius 1 is 1.48 bits per heavy atom. The number of thioether (sulfide) groups is 1. The number of aromatic nitrogens is 1. The highest BCUT2D eigenvalue weighted by atomic mass is 32.2. The zero-order valence-electron chi connectivity index (χ0n) is 12.0. The van der Waals surface area contributed by atoms with Crippen LogP contribution in [0.3, 0.4) is 0 Å². The van der Waals surface area contributed by atoms with Gasteiger partial charge in [-0.1, -0.05) is 25.1 Å². The third kappa shape index (κ3) is 2.81. The van der Waals surface area contributed by atoms with Crippen LogP contribution in [0.25, 0.3) is 11.1 Å². The molecule has 0 saturated heterocycles. The molecule has 2 heterocycles. The van der Waals surface area contributed by atoms with Crippen molar-refractivity contribution in [3.8, 4) is 0 Å². The Bertz CT molecular complexity index is 708. The van der Waals surface area contributed by atoms with E-state index in [9.17, 15) is 4.79 Å². The van der Waals surface area contributed by atoms with Gasteiger partial charge in [0.05, 0.1) is 5.71 Å². The Hall–Kier alpha value is -1.82. The summed E-state index contributed by atoms with van der Waals surface area (Å²) in [4.78, 5) is 16.0. The number of hydrazone groups is 1. The molecule has 1 aliphatic heterocycles. The van der Waals surface area contributed by atoms with Gasteiger partial charge in [-0.05, 0) is 30.9 Å². The summed E-state index contributed by atoms with van der Waals surface area (Å²) < 4.78 is 5.59. The summed E-state index contributed by atoms with van der Waals surface area (Å²) in [6.45, 7) is 2.12. The highest BCUT2D eigenvalue weighted by Gasteiger charge is 2.25. The van der Waals surface area contributed by atoms with Crippen LogP contribution in [-0.2, 0) is 4.79 Å². The van der Waals surface area contributed by atoms with Gasteiger partial charge in [-0.15, -0.1) is 0 Å². The summed E-state index contributed by atoms with van der Waals surface area (Å²) in [5.41, 5.74) is 6.12. The van der Waals surface area contributed by atoms with Crippen LogP contribution < -0.4 is 5.43 Å². The van der Waals surface area contributed by atoms with Crippen LogP contribution in [0.2, 0.25) is 0 Å². The Kier molecular flexibility index (Phi) is 3.96. The van der Waals surface area contributed by atoms with E-state index in [-0.39, 0.29) is 11.8 Å². The Labute approximate surface area is 127 Å². The minimum absolute atomic E-state index is 0.00983. The standard InChI is InChI=1S/C15H17N3O2S/c1-3-4-9-8-13(19)17-18-14(9)10-5-6-12-11(7-10)16-15(20-12)21-2/h5-7,9H,3-4,8H2,1-2H3,(H,17,19). The molecule has 1 aromatic heterocycles. The fourth-order valence-corrected chi connectivity index (χ4v) is 2.98. The molecule has 1 amide bonds. The Balaban J connectivity index is 1.99. The lowest BCUT2D eigenvalue weighted by Gasteiger charge is -2.22. The van der Waals surface area contributed by atoms with Gasteiger partial charge >= 0.3 is 0 Å². The molecular formula is C15H17N3O2S. The van der Waals surface area contributed by atoms with Crippen molar-refractivity contribution in [3.05, 3.63) is 23.8 Å².